The van der Waals surface area contributed by atoms with Gasteiger partial charge in [-0.3, -0.25) is 19.0 Å². The summed E-state index contributed by atoms with van der Waals surface area (Å²) in [6, 6.07) is 40.2. The summed E-state index contributed by atoms with van der Waals surface area (Å²) in [5, 5.41) is 20.9. The van der Waals surface area contributed by atoms with Crippen LogP contribution in [0.25, 0.3) is 43.5 Å². The van der Waals surface area contributed by atoms with Crippen molar-refractivity contribution in [1.82, 2.24) is 19.5 Å². The van der Waals surface area contributed by atoms with E-state index < -0.39 is 66.3 Å². The number of ether oxygens (including phenoxy) is 8. The number of aliphatic hydroxyl groups excluding tert-OH is 1. The molecular weight excluding hydrogens is 983 g/mol. The van der Waals surface area contributed by atoms with Crippen LogP contribution in [0.15, 0.2) is 146 Å². The van der Waals surface area contributed by atoms with Crippen LogP contribution in [0.3, 0.4) is 0 Å². The molecule has 1 aliphatic carbocycles. The van der Waals surface area contributed by atoms with E-state index >= 15 is 0 Å². The second kappa shape index (κ2) is 20.8. The minimum absolute atomic E-state index is 0.00896. The molecule has 0 amide bonds. The molecule has 1 fully saturated rings. The molecule has 392 valence electrons. The van der Waals surface area contributed by atoms with Crippen molar-refractivity contribution in [2.24, 2.45) is 0 Å². The van der Waals surface area contributed by atoms with Gasteiger partial charge in [0.05, 0.1) is 39.3 Å². The maximum Gasteiger partial charge on any atom is 0.303 e. The number of aromatic nitrogens is 4. The zero-order valence-corrected chi connectivity index (χ0v) is 42.9. The van der Waals surface area contributed by atoms with Crippen LogP contribution < -0.4 is 19.5 Å². The summed E-state index contributed by atoms with van der Waals surface area (Å²) in [7, 11) is 3.23. The number of imidazole rings is 1. The van der Waals surface area contributed by atoms with Crippen LogP contribution in [0.4, 0.5) is 5.95 Å². The Kier molecular flexibility index (Phi) is 13.7. The van der Waals surface area contributed by atoms with Crippen LogP contribution in [0, 0.1) is 0 Å². The van der Waals surface area contributed by atoms with Crippen molar-refractivity contribution < 1.29 is 57.4 Å². The lowest BCUT2D eigenvalue weighted by molar-refractivity contribution is -0.187. The largest absolute Gasteiger partial charge is 0.497 e. The average Bonchev–Trinajstić information content (AvgIpc) is 4.23. The lowest BCUT2D eigenvalue weighted by Crippen LogP contribution is -2.50. The summed E-state index contributed by atoms with van der Waals surface area (Å²) in [5.41, 5.74) is 2.96. The fourth-order valence-electron chi connectivity index (χ4n) is 11.1. The first-order chi connectivity index (χ1) is 37.4. The third-order valence-corrected chi connectivity index (χ3v) is 14.4. The van der Waals surface area contributed by atoms with Gasteiger partial charge in [-0.15, -0.1) is 0 Å². The number of hydrogen-bond donors (Lipinski definition) is 2. The summed E-state index contributed by atoms with van der Waals surface area (Å²) in [4.78, 5) is 53.8. The van der Waals surface area contributed by atoms with Crippen molar-refractivity contribution in [3.63, 3.8) is 0 Å². The molecule has 17 nitrogen and oxygen atoms in total. The lowest BCUT2D eigenvalue weighted by atomic mass is 9.77. The van der Waals surface area contributed by atoms with Gasteiger partial charge in [-0.2, -0.15) is 9.97 Å². The first-order valence-electron chi connectivity index (χ1n) is 25.2. The average molecular weight is 1040 g/mol. The molecule has 0 bridgehead atoms. The number of methoxy groups -OCH3 is 2. The van der Waals surface area contributed by atoms with Crippen LogP contribution in [0.2, 0.25) is 0 Å². The third-order valence-electron chi connectivity index (χ3n) is 14.4. The highest BCUT2D eigenvalue weighted by Crippen LogP contribution is 2.50. The summed E-state index contributed by atoms with van der Waals surface area (Å²) in [6.45, 7) is 7.60. The Hall–Kier alpha value is -8.64. The molecule has 9 aromatic rings. The standard InChI is InChI=1S/C60H55N5O12/c1-7-28-72-58-53-57(65(32-61-53)48-30-46(69)47(77-48)31-73-60(39-14-9-8-10-15-39,40-19-23-42(70-5)24-20-40)41-21-25-43(71-6)26-22-41)63-59(64-58)62-52-51-44-27-18-37-13-11-12-36-16-17-38(50(44)49(36)37)29-45(51)54(74-33(2)66)56(76-35(4)68)55(52)75-34(3)67/h7-27,29,32,46-48,52,54-56,69H,1,28,30-31H2,2-6H3,(H,62,63,64)/t46-,47+,48+,52+,54+,55+,56-/m0/s1. The van der Waals surface area contributed by atoms with Gasteiger partial charge in [-0.1, -0.05) is 110 Å². The number of benzene rings is 7. The van der Waals surface area contributed by atoms with Gasteiger partial charge in [0.15, 0.2) is 29.5 Å². The number of carbonyl (C=O) groups excluding carboxylic acids is 3. The molecule has 2 aromatic heterocycles. The molecule has 7 aromatic carbocycles. The van der Waals surface area contributed by atoms with Gasteiger partial charge in [0.25, 0.3) is 0 Å². The van der Waals surface area contributed by atoms with Crippen molar-refractivity contribution in [2.45, 2.75) is 75.6 Å². The second-order valence-electron chi connectivity index (χ2n) is 19.1. The molecular formula is C60H55N5O12. The molecule has 1 aliphatic heterocycles. The number of esters is 3. The molecule has 3 heterocycles. The molecule has 0 unspecified atom stereocenters. The van der Waals surface area contributed by atoms with E-state index in [1.807, 2.05) is 127 Å². The fraction of sp³-hybridized carbons (Fsp3) is 0.267. The van der Waals surface area contributed by atoms with E-state index in [4.69, 9.17) is 52.8 Å². The van der Waals surface area contributed by atoms with Crippen LogP contribution in [0.1, 0.15) is 73.4 Å². The minimum Gasteiger partial charge on any atom is -0.497 e. The molecule has 0 saturated carbocycles. The molecule has 2 aliphatic rings. The van der Waals surface area contributed by atoms with E-state index in [2.05, 4.69) is 11.9 Å². The number of nitrogens with zero attached hydrogens (tertiary/aromatic N) is 4. The molecule has 77 heavy (non-hydrogen) atoms. The van der Waals surface area contributed by atoms with Crippen molar-refractivity contribution in [1.29, 1.82) is 0 Å². The normalized spacial score (nSPS) is 20.2. The van der Waals surface area contributed by atoms with Gasteiger partial charge in [-0.05, 0) is 84.9 Å². The van der Waals surface area contributed by atoms with E-state index in [1.165, 1.54) is 20.8 Å². The zero-order valence-electron chi connectivity index (χ0n) is 42.9. The Balaban J connectivity index is 0.998. The predicted molar refractivity (Wildman–Crippen MR) is 286 cm³/mol. The maximum absolute atomic E-state index is 13.2. The molecule has 2 N–H and O–H groups in total. The summed E-state index contributed by atoms with van der Waals surface area (Å²) >= 11 is 0. The Morgan fingerprint density at radius 3 is 2.01 bits per heavy atom. The third kappa shape index (κ3) is 9.25. The fourth-order valence-corrected chi connectivity index (χ4v) is 11.1. The van der Waals surface area contributed by atoms with Crippen molar-refractivity contribution >= 4 is 67.3 Å². The maximum atomic E-state index is 13.2. The number of rotatable bonds is 17. The summed E-state index contributed by atoms with van der Waals surface area (Å²) in [6.07, 6.45) is -3.23. The van der Waals surface area contributed by atoms with E-state index in [1.54, 1.807) is 31.2 Å². The molecule has 1 saturated heterocycles. The van der Waals surface area contributed by atoms with Crippen molar-refractivity contribution in [3.05, 3.63) is 174 Å². The van der Waals surface area contributed by atoms with Crippen LogP contribution in [-0.2, 0) is 43.7 Å². The summed E-state index contributed by atoms with van der Waals surface area (Å²) in [5.74, 6) is -0.568. The SMILES string of the molecule is C=CCOc1nc(N[C@@H]2c3c(cc4ccc5cccc6ccc3c4c56)[C@@H](OC(C)=O)[C@H](OC(C)=O)[C@@H]2OC(C)=O)nc2c1ncn2[C@H]1C[C@H](O)[C@@H](COC(c2ccccc2)(c2ccc(OC)cc2)c2ccc(OC)cc2)O1. The highest BCUT2D eigenvalue weighted by molar-refractivity contribution is 6.24. The Labute approximate surface area is 442 Å². The Bertz CT molecular complexity index is 3600. The van der Waals surface area contributed by atoms with Gasteiger partial charge >= 0.3 is 17.9 Å². The molecule has 0 spiro atoms. The monoisotopic (exact) mass is 1040 g/mol. The van der Waals surface area contributed by atoms with E-state index in [9.17, 15) is 19.5 Å². The lowest BCUT2D eigenvalue weighted by Gasteiger charge is -2.43. The number of aliphatic hydroxyl groups is 1. The van der Waals surface area contributed by atoms with Crippen LogP contribution in [0.5, 0.6) is 17.4 Å². The molecule has 11 rings (SSSR count). The van der Waals surface area contributed by atoms with Gasteiger partial charge in [0.1, 0.15) is 36.0 Å². The Morgan fingerprint density at radius 2 is 1.38 bits per heavy atom. The molecule has 0 radical (unpaired) electrons. The minimum atomic E-state index is -1.33. The zero-order chi connectivity index (χ0) is 53.5. The number of carbonyl (C=O) groups is 3. The topological polar surface area (TPSA) is 201 Å². The van der Waals surface area contributed by atoms with E-state index in [-0.39, 0.29) is 42.6 Å². The number of nitrogens with one attached hydrogen (secondary N) is 1. The van der Waals surface area contributed by atoms with Crippen molar-refractivity contribution in [2.75, 3.05) is 32.8 Å². The quantitative estimate of drug-likeness (QED) is 0.0287. The van der Waals surface area contributed by atoms with E-state index in [0.29, 0.717) is 22.6 Å². The predicted octanol–water partition coefficient (Wildman–Crippen LogP) is 9.60. The first-order valence-corrected chi connectivity index (χ1v) is 25.2. The number of anilines is 1. The van der Waals surface area contributed by atoms with Gasteiger partial charge in [0, 0.05) is 32.8 Å². The van der Waals surface area contributed by atoms with Gasteiger partial charge in [0.2, 0.25) is 11.8 Å². The van der Waals surface area contributed by atoms with Crippen LogP contribution in [-0.4, -0.2) is 94.4 Å². The molecule has 7 atom stereocenters. The van der Waals surface area contributed by atoms with Crippen molar-refractivity contribution in [3.8, 4) is 17.4 Å². The second-order valence-corrected chi connectivity index (χ2v) is 19.1. The summed E-state index contributed by atoms with van der Waals surface area (Å²) < 4.78 is 51.0. The molecule has 17 heteroatoms. The van der Waals surface area contributed by atoms with E-state index in [0.717, 1.165) is 49.0 Å². The number of fused-ring (bicyclic) bond motifs is 3. The highest BCUT2D eigenvalue weighted by atomic mass is 16.6. The highest BCUT2D eigenvalue weighted by Gasteiger charge is 2.51. The smallest absolute Gasteiger partial charge is 0.303 e. The Morgan fingerprint density at radius 1 is 0.753 bits per heavy atom. The number of hydrogen-bond acceptors (Lipinski definition) is 16. The first kappa shape index (κ1) is 50.5. The van der Waals surface area contributed by atoms with Gasteiger partial charge in [-0.25, -0.2) is 4.98 Å². The van der Waals surface area contributed by atoms with Crippen LogP contribution >= 0.6 is 0 Å². The van der Waals surface area contributed by atoms with Gasteiger partial charge < -0.3 is 48.3 Å².